The fraction of sp³-hybridized carbons (Fsp3) is 0.261. The maximum atomic E-state index is 10.5. The molecular formula is C23H23NO9. The van der Waals surface area contributed by atoms with Gasteiger partial charge in [-0.3, -0.25) is 4.98 Å². The van der Waals surface area contributed by atoms with Crippen LogP contribution in [-0.4, -0.2) is 54.9 Å². The van der Waals surface area contributed by atoms with Crippen LogP contribution in [0, 0.1) is 0 Å². The molecule has 0 amide bonds. The summed E-state index contributed by atoms with van der Waals surface area (Å²) in [5.74, 6) is -0.967. The van der Waals surface area contributed by atoms with Crippen molar-refractivity contribution in [2.45, 2.75) is 31.3 Å². The molecule has 6 N–H and O–H groups in total. The van der Waals surface area contributed by atoms with Gasteiger partial charge in [0.15, 0.2) is 11.5 Å². The predicted octanol–water partition coefficient (Wildman–Crippen LogP) is 1.89. The second-order valence-electron chi connectivity index (χ2n) is 7.61. The Hall–Kier alpha value is -3.89. The molecule has 10 nitrogen and oxygen atoms in total. The lowest BCUT2D eigenvalue weighted by molar-refractivity contribution is -0.0688. The summed E-state index contributed by atoms with van der Waals surface area (Å²) in [7, 11) is 1.52. The zero-order chi connectivity index (χ0) is 23.7. The van der Waals surface area contributed by atoms with Gasteiger partial charge in [0.2, 0.25) is 5.75 Å². The lowest BCUT2D eigenvalue weighted by Crippen LogP contribution is -2.42. The van der Waals surface area contributed by atoms with Crippen molar-refractivity contribution in [1.82, 2.24) is 4.98 Å². The number of aliphatic hydroxyl groups is 2. The number of phenolic OH excluding ortho intramolecular Hbond substituents is 4. The van der Waals surface area contributed by atoms with Gasteiger partial charge < -0.3 is 44.8 Å². The fourth-order valence-corrected chi connectivity index (χ4v) is 3.64. The second-order valence-corrected chi connectivity index (χ2v) is 7.61. The number of aliphatic hydroxyl groups excluding tert-OH is 2. The number of methoxy groups -OCH3 is 1. The van der Waals surface area contributed by atoms with E-state index in [1.54, 1.807) is 12.1 Å². The van der Waals surface area contributed by atoms with Crippen LogP contribution in [0.5, 0.6) is 40.2 Å². The summed E-state index contributed by atoms with van der Waals surface area (Å²) >= 11 is 0. The van der Waals surface area contributed by atoms with Crippen molar-refractivity contribution in [3.63, 3.8) is 0 Å². The Morgan fingerprint density at radius 3 is 2.48 bits per heavy atom. The van der Waals surface area contributed by atoms with E-state index in [9.17, 15) is 30.6 Å². The normalized spacial score (nSPS) is 19.4. The van der Waals surface area contributed by atoms with Crippen LogP contribution in [0.15, 0.2) is 42.6 Å². The SMILES string of the molecule is COc1ccc(COc2cc(CC3Oc4cc(O)cc(O)c4C(O)C3O)cc(O)c2O)nc1. The van der Waals surface area contributed by atoms with Crippen molar-refractivity contribution in [2.24, 2.45) is 0 Å². The number of pyridine rings is 1. The molecule has 0 aliphatic carbocycles. The standard InChI is InChI=1S/C23H23NO9/c1-31-14-3-2-12(24-9-14)10-32-18-5-11(4-16(27)21(18)28)6-19-22(29)23(30)20-15(26)7-13(25)8-17(20)33-19/h2-5,7-9,19,22-23,25-30H,6,10H2,1H3. The van der Waals surface area contributed by atoms with E-state index in [2.05, 4.69) is 4.98 Å². The molecule has 2 heterocycles. The first kappa shape index (κ1) is 22.3. The van der Waals surface area contributed by atoms with Gasteiger partial charge in [0, 0.05) is 18.6 Å². The van der Waals surface area contributed by atoms with Crippen LogP contribution < -0.4 is 14.2 Å². The van der Waals surface area contributed by atoms with E-state index in [0.29, 0.717) is 17.0 Å². The van der Waals surface area contributed by atoms with E-state index in [4.69, 9.17) is 14.2 Å². The summed E-state index contributed by atoms with van der Waals surface area (Å²) in [6.45, 7) is 0.00758. The highest BCUT2D eigenvalue weighted by Gasteiger charge is 2.38. The van der Waals surface area contributed by atoms with Gasteiger partial charge in [-0.05, 0) is 29.8 Å². The van der Waals surface area contributed by atoms with Crippen molar-refractivity contribution in [2.75, 3.05) is 7.11 Å². The van der Waals surface area contributed by atoms with Crippen molar-refractivity contribution in [3.05, 3.63) is 59.4 Å². The van der Waals surface area contributed by atoms with Crippen molar-refractivity contribution >= 4 is 0 Å². The lowest BCUT2D eigenvalue weighted by atomic mass is 9.91. The molecule has 0 saturated heterocycles. The number of phenols is 4. The summed E-state index contributed by atoms with van der Waals surface area (Å²) < 4.78 is 16.4. The number of rotatable bonds is 6. The molecular weight excluding hydrogens is 434 g/mol. The Morgan fingerprint density at radius 1 is 1.00 bits per heavy atom. The number of nitrogens with zero attached hydrogens (tertiary/aromatic N) is 1. The molecule has 3 atom stereocenters. The molecule has 1 aromatic heterocycles. The zero-order valence-electron chi connectivity index (χ0n) is 17.5. The highest BCUT2D eigenvalue weighted by atomic mass is 16.5. The van der Waals surface area contributed by atoms with Crippen molar-refractivity contribution in [3.8, 4) is 40.2 Å². The second kappa shape index (κ2) is 8.93. The van der Waals surface area contributed by atoms with Gasteiger partial charge in [-0.2, -0.15) is 0 Å². The van der Waals surface area contributed by atoms with E-state index >= 15 is 0 Å². The maximum Gasteiger partial charge on any atom is 0.200 e. The summed E-state index contributed by atoms with van der Waals surface area (Å²) in [6, 6.07) is 8.41. The molecule has 1 aliphatic rings. The molecule has 0 radical (unpaired) electrons. The Bertz CT molecular complexity index is 1150. The first-order chi connectivity index (χ1) is 15.8. The topological polar surface area (TPSA) is 162 Å². The Balaban J connectivity index is 1.53. The monoisotopic (exact) mass is 457 g/mol. The highest BCUT2D eigenvalue weighted by Crippen LogP contribution is 2.44. The third-order valence-corrected chi connectivity index (χ3v) is 5.34. The maximum absolute atomic E-state index is 10.5. The first-order valence-electron chi connectivity index (χ1n) is 10.0. The Kier molecular flexibility index (Phi) is 6.03. The van der Waals surface area contributed by atoms with Gasteiger partial charge in [-0.1, -0.05) is 0 Å². The van der Waals surface area contributed by atoms with E-state index in [1.807, 2.05) is 0 Å². The number of aromatic hydroxyl groups is 4. The van der Waals surface area contributed by atoms with Crippen LogP contribution >= 0.6 is 0 Å². The van der Waals surface area contributed by atoms with E-state index < -0.39 is 35.6 Å². The average Bonchev–Trinajstić information content (AvgIpc) is 2.78. The number of aromatic nitrogens is 1. The molecule has 3 aromatic rings. The van der Waals surface area contributed by atoms with Gasteiger partial charge in [0.1, 0.15) is 47.9 Å². The molecule has 0 saturated carbocycles. The minimum Gasteiger partial charge on any atom is -0.508 e. The van der Waals surface area contributed by atoms with Crippen LogP contribution in [0.2, 0.25) is 0 Å². The van der Waals surface area contributed by atoms with E-state index in [1.165, 1.54) is 31.5 Å². The minimum atomic E-state index is -1.46. The number of ether oxygens (including phenoxy) is 3. The third-order valence-electron chi connectivity index (χ3n) is 5.34. The molecule has 0 bridgehead atoms. The summed E-state index contributed by atoms with van der Waals surface area (Å²) in [6.07, 6.45) is -2.31. The molecule has 0 spiro atoms. The highest BCUT2D eigenvalue weighted by molar-refractivity contribution is 5.54. The molecule has 2 aromatic carbocycles. The van der Waals surface area contributed by atoms with Gasteiger partial charge in [-0.25, -0.2) is 0 Å². The molecule has 3 unspecified atom stereocenters. The minimum absolute atomic E-state index is 0.00758. The molecule has 174 valence electrons. The van der Waals surface area contributed by atoms with Crippen LogP contribution in [-0.2, 0) is 13.0 Å². The van der Waals surface area contributed by atoms with Gasteiger partial charge in [0.25, 0.3) is 0 Å². The Labute approximate surface area is 188 Å². The van der Waals surface area contributed by atoms with Gasteiger partial charge >= 0.3 is 0 Å². The van der Waals surface area contributed by atoms with Gasteiger partial charge in [-0.15, -0.1) is 0 Å². The molecule has 1 aliphatic heterocycles. The number of hydrogen-bond donors (Lipinski definition) is 6. The molecule has 0 fully saturated rings. The number of fused-ring (bicyclic) bond motifs is 1. The van der Waals surface area contributed by atoms with Gasteiger partial charge in [0.05, 0.1) is 24.6 Å². The van der Waals surface area contributed by atoms with E-state index in [-0.39, 0.29) is 35.8 Å². The molecule has 10 heteroatoms. The summed E-state index contributed by atoms with van der Waals surface area (Å²) in [5.41, 5.74) is 0.971. The lowest BCUT2D eigenvalue weighted by Gasteiger charge is -2.34. The van der Waals surface area contributed by atoms with Crippen LogP contribution in [0.1, 0.15) is 22.9 Å². The predicted molar refractivity (Wildman–Crippen MR) is 114 cm³/mol. The number of hydrogen-bond acceptors (Lipinski definition) is 10. The van der Waals surface area contributed by atoms with Crippen molar-refractivity contribution < 1.29 is 44.8 Å². The fourth-order valence-electron chi connectivity index (χ4n) is 3.64. The van der Waals surface area contributed by atoms with Crippen LogP contribution in [0.3, 0.4) is 0 Å². The smallest absolute Gasteiger partial charge is 0.200 e. The summed E-state index contributed by atoms with van der Waals surface area (Å²) in [4.78, 5) is 4.17. The third kappa shape index (κ3) is 4.52. The molecule has 33 heavy (non-hydrogen) atoms. The van der Waals surface area contributed by atoms with Crippen molar-refractivity contribution in [1.29, 1.82) is 0 Å². The van der Waals surface area contributed by atoms with E-state index in [0.717, 1.165) is 6.07 Å². The van der Waals surface area contributed by atoms with Crippen LogP contribution in [0.25, 0.3) is 0 Å². The zero-order valence-corrected chi connectivity index (χ0v) is 17.5. The quantitative estimate of drug-likeness (QED) is 0.301. The first-order valence-corrected chi connectivity index (χ1v) is 10.0. The summed E-state index contributed by atoms with van der Waals surface area (Å²) in [5, 5.41) is 61.0. The Morgan fingerprint density at radius 2 is 1.79 bits per heavy atom. The number of benzene rings is 2. The average molecular weight is 457 g/mol. The molecule has 4 rings (SSSR count). The van der Waals surface area contributed by atoms with Crippen LogP contribution in [0.4, 0.5) is 0 Å². The largest absolute Gasteiger partial charge is 0.508 e.